The molecule has 4 nitrogen and oxygen atoms in total. The lowest BCUT2D eigenvalue weighted by Crippen LogP contribution is -2.94. The third-order valence-corrected chi connectivity index (χ3v) is 4.67. The minimum Gasteiger partial charge on any atom is -0.465 e. The molecule has 1 aromatic heterocycles. The molecule has 0 saturated carbocycles. The highest BCUT2D eigenvalue weighted by Crippen LogP contribution is 2.31. The van der Waals surface area contributed by atoms with Gasteiger partial charge in [0.25, 0.3) is 0 Å². The van der Waals surface area contributed by atoms with E-state index in [0.29, 0.717) is 6.42 Å². The van der Waals surface area contributed by atoms with E-state index in [9.17, 15) is 4.79 Å². The topological polar surface area (TPSA) is 58.7 Å². The predicted molar refractivity (Wildman–Crippen MR) is 88.0 cm³/mol. The van der Waals surface area contributed by atoms with Crippen molar-refractivity contribution in [1.82, 2.24) is 4.98 Å². The molecule has 116 valence electrons. The van der Waals surface area contributed by atoms with Crippen LogP contribution in [0.5, 0.6) is 0 Å². The normalized spacial score (nSPS) is 20.2. The SMILES string of the molecule is COC(=O)[C@H]1Cc2c([nH]c3ccccc23)[C@H](c2ccccc2)[NH2+]1. The van der Waals surface area contributed by atoms with Gasteiger partial charge < -0.3 is 15.0 Å². The molecule has 2 heterocycles. The Balaban J connectivity index is 1.88. The number of carbonyl (C=O) groups is 1. The fraction of sp³-hybridized carbons (Fsp3) is 0.211. The van der Waals surface area contributed by atoms with Crippen molar-refractivity contribution < 1.29 is 14.8 Å². The number of carbonyl (C=O) groups excluding carboxylic acids is 1. The number of rotatable bonds is 2. The van der Waals surface area contributed by atoms with Crippen LogP contribution in [-0.4, -0.2) is 24.1 Å². The number of aromatic nitrogens is 1. The monoisotopic (exact) mass is 307 g/mol. The van der Waals surface area contributed by atoms with Gasteiger partial charge in [0.2, 0.25) is 0 Å². The molecule has 0 fully saturated rings. The van der Waals surface area contributed by atoms with Gasteiger partial charge in [-0.15, -0.1) is 0 Å². The fourth-order valence-electron chi connectivity index (χ4n) is 3.57. The van der Waals surface area contributed by atoms with Crippen molar-refractivity contribution >= 4 is 16.9 Å². The van der Waals surface area contributed by atoms with E-state index in [4.69, 9.17) is 4.74 Å². The van der Waals surface area contributed by atoms with Crippen LogP contribution in [0.4, 0.5) is 0 Å². The van der Waals surface area contributed by atoms with Crippen molar-refractivity contribution in [2.75, 3.05) is 7.11 Å². The summed E-state index contributed by atoms with van der Waals surface area (Å²) in [5, 5.41) is 3.31. The van der Waals surface area contributed by atoms with Gasteiger partial charge in [-0.3, -0.25) is 0 Å². The highest BCUT2D eigenvalue weighted by atomic mass is 16.5. The first-order valence-electron chi connectivity index (χ1n) is 7.85. The number of hydrogen-bond donors (Lipinski definition) is 2. The molecule has 0 radical (unpaired) electrons. The first kappa shape index (κ1) is 14.0. The number of fused-ring (bicyclic) bond motifs is 3. The van der Waals surface area contributed by atoms with Gasteiger partial charge in [-0.25, -0.2) is 4.79 Å². The van der Waals surface area contributed by atoms with E-state index < -0.39 is 0 Å². The summed E-state index contributed by atoms with van der Waals surface area (Å²) < 4.78 is 5.00. The van der Waals surface area contributed by atoms with Gasteiger partial charge in [-0.1, -0.05) is 48.5 Å². The number of quaternary nitrogens is 1. The Bertz CT molecular complexity index is 854. The number of nitrogens with two attached hydrogens (primary N) is 1. The Hall–Kier alpha value is -2.59. The van der Waals surface area contributed by atoms with Crippen LogP contribution < -0.4 is 5.32 Å². The molecule has 23 heavy (non-hydrogen) atoms. The van der Waals surface area contributed by atoms with Crippen LogP contribution in [-0.2, 0) is 16.0 Å². The lowest BCUT2D eigenvalue weighted by atomic mass is 9.90. The Morgan fingerprint density at radius 3 is 2.65 bits per heavy atom. The molecule has 2 atom stereocenters. The van der Waals surface area contributed by atoms with Gasteiger partial charge in [0.05, 0.1) is 12.8 Å². The van der Waals surface area contributed by atoms with E-state index in [0.717, 1.165) is 5.52 Å². The Kier molecular flexibility index (Phi) is 3.39. The van der Waals surface area contributed by atoms with Crippen LogP contribution in [0.15, 0.2) is 54.6 Å². The maximum Gasteiger partial charge on any atom is 0.364 e. The quantitative estimate of drug-likeness (QED) is 0.711. The molecule has 0 saturated heterocycles. The number of para-hydroxylation sites is 1. The molecule has 3 N–H and O–H groups in total. The van der Waals surface area contributed by atoms with Gasteiger partial charge in [-0.2, -0.15) is 0 Å². The molecule has 2 aromatic carbocycles. The van der Waals surface area contributed by atoms with Crippen molar-refractivity contribution in [2.24, 2.45) is 0 Å². The smallest absolute Gasteiger partial charge is 0.364 e. The molecule has 0 bridgehead atoms. The first-order chi connectivity index (χ1) is 11.3. The van der Waals surface area contributed by atoms with Crippen LogP contribution in [0.1, 0.15) is 22.9 Å². The summed E-state index contributed by atoms with van der Waals surface area (Å²) in [6.45, 7) is 0. The third-order valence-electron chi connectivity index (χ3n) is 4.67. The van der Waals surface area contributed by atoms with Crippen LogP contribution >= 0.6 is 0 Å². The Morgan fingerprint density at radius 1 is 1.13 bits per heavy atom. The zero-order valence-corrected chi connectivity index (χ0v) is 13.0. The minimum absolute atomic E-state index is 0.0800. The van der Waals surface area contributed by atoms with E-state index in [1.165, 1.54) is 29.3 Å². The second-order valence-corrected chi connectivity index (χ2v) is 5.98. The molecule has 4 heteroatoms. The molecular formula is C19H19N2O2+. The van der Waals surface area contributed by atoms with Crippen molar-refractivity contribution in [1.29, 1.82) is 0 Å². The van der Waals surface area contributed by atoms with Crippen LogP contribution in [0, 0.1) is 0 Å². The lowest BCUT2D eigenvalue weighted by Gasteiger charge is -2.26. The number of esters is 1. The number of benzene rings is 2. The van der Waals surface area contributed by atoms with E-state index >= 15 is 0 Å². The molecule has 4 rings (SSSR count). The van der Waals surface area contributed by atoms with Crippen LogP contribution in [0.3, 0.4) is 0 Å². The number of ether oxygens (including phenoxy) is 1. The van der Waals surface area contributed by atoms with E-state index in [1.807, 2.05) is 30.3 Å². The third kappa shape index (κ3) is 2.32. The molecular weight excluding hydrogens is 288 g/mol. The van der Waals surface area contributed by atoms with E-state index in [-0.39, 0.29) is 18.1 Å². The summed E-state index contributed by atoms with van der Waals surface area (Å²) in [7, 11) is 1.46. The summed E-state index contributed by atoms with van der Waals surface area (Å²) in [5.74, 6) is -0.165. The zero-order valence-electron chi connectivity index (χ0n) is 13.0. The lowest BCUT2D eigenvalue weighted by molar-refractivity contribution is -0.712. The van der Waals surface area contributed by atoms with Gasteiger partial charge in [0.15, 0.2) is 12.1 Å². The summed E-state index contributed by atoms with van der Waals surface area (Å²) in [6, 6.07) is 18.4. The number of H-pyrrole nitrogens is 1. The molecule has 0 amide bonds. The van der Waals surface area contributed by atoms with E-state index in [1.54, 1.807) is 0 Å². The number of methoxy groups -OCH3 is 1. The van der Waals surface area contributed by atoms with Crippen LogP contribution in [0.25, 0.3) is 10.9 Å². The largest absolute Gasteiger partial charge is 0.465 e. The molecule has 0 unspecified atom stereocenters. The summed E-state index contributed by atoms with van der Waals surface area (Å²) in [6.07, 6.45) is 0.690. The fourth-order valence-corrected chi connectivity index (χ4v) is 3.57. The minimum atomic E-state index is -0.211. The maximum absolute atomic E-state index is 12.1. The standard InChI is InChI=1S/C19H18N2O2/c1-23-19(22)16-11-14-13-9-5-6-10-15(13)20-18(14)17(21-16)12-7-3-2-4-8-12/h2-10,16-17,20-21H,11H2,1H3/p+1/t16-,17+/m1/s1. The number of aromatic amines is 1. The van der Waals surface area contributed by atoms with Crippen molar-refractivity contribution in [3.8, 4) is 0 Å². The Labute approximate surface area is 134 Å². The molecule has 3 aromatic rings. The second kappa shape index (κ2) is 5.56. The van der Waals surface area contributed by atoms with Crippen LogP contribution in [0.2, 0.25) is 0 Å². The average Bonchev–Trinajstić information content (AvgIpc) is 2.99. The molecule has 1 aliphatic heterocycles. The van der Waals surface area contributed by atoms with Crippen molar-refractivity contribution in [3.05, 3.63) is 71.4 Å². The summed E-state index contributed by atoms with van der Waals surface area (Å²) in [4.78, 5) is 15.7. The Morgan fingerprint density at radius 2 is 1.87 bits per heavy atom. The van der Waals surface area contributed by atoms with Crippen molar-refractivity contribution in [3.63, 3.8) is 0 Å². The highest BCUT2D eigenvalue weighted by molar-refractivity contribution is 5.86. The van der Waals surface area contributed by atoms with E-state index in [2.05, 4.69) is 34.6 Å². The average molecular weight is 307 g/mol. The first-order valence-corrected chi connectivity index (χ1v) is 7.85. The molecule has 0 aliphatic carbocycles. The van der Waals surface area contributed by atoms with Gasteiger partial charge in [0.1, 0.15) is 0 Å². The predicted octanol–water partition coefficient (Wildman–Crippen LogP) is 1.92. The molecule has 0 spiro atoms. The maximum atomic E-state index is 12.1. The highest BCUT2D eigenvalue weighted by Gasteiger charge is 2.38. The van der Waals surface area contributed by atoms with Gasteiger partial charge in [0, 0.05) is 22.9 Å². The summed E-state index contributed by atoms with van der Waals surface area (Å²) >= 11 is 0. The number of nitrogens with one attached hydrogen (secondary N) is 1. The van der Waals surface area contributed by atoms with Crippen molar-refractivity contribution in [2.45, 2.75) is 18.5 Å². The molecule has 1 aliphatic rings. The second-order valence-electron chi connectivity index (χ2n) is 5.98. The van der Waals surface area contributed by atoms with Gasteiger partial charge in [-0.05, 0) is 11.6 Å². The van der Waals surface area contributed by atoms with Gasteiger partial charge >= 0.3 is 5.97 Å². The zero-order chi connectivity index (χ0) is 15.8. The summed E-state index contributed by atoms with van der Waals surface area (Å²) in [5.41, 5.74) is 4.73. The number of hydrogen-bond acceptors (Lipinski definition) is 2.